The number of amidine groups is 1. The molecule has 0 saturated heterocycles. The summed E-state index contributed by atoms with van der Waals surface area (Å²) in [7, 11) is 0. The summed E-state index contributed by atoms with van der Waals surface area (Å²) in [5.74, 6) is -0.111. The van der Waals surface area contributed by atoms with Gasteiger partial charge in [-0.25, -0.2) is 10.4 Å². The second-order valence-electron chi connectivity index (χ2n) is 3.68. The SMILES string of the molecule is CSC(=Nc1cccc(C2=NNC(=O)C2)c1)NC#N. The Morgan fingerprint density at radius 1 is 1.63 bits per heavy atom. The van der Waals surface area contributed by atoms with Gasteiger partial charge < -0.3 is 0 Å². The number of nitrogens with zero attached hydrogens (tertiary/aromatic N) is 3. The molecule has 2 N–H and O–H groups in total. The third kappa shape index (κ3) is 3.33. The highest BCUT2D eigenvalue weighted by atomic mass is 32.2. The van der Waals surface area contributed by atoms with E-state index in [0.717, 1.165) is 5.56 Å². The summed E-state index contributed by atoms with van der Waals surface area (Å²) in [5.41, 5.74) is 4.65. The van der Waals surface area contributed by atoms with Gasteiger partial charge in [0.25, 0.3) is 0 Å². The number of hydrazone groups is 1. The highest BCUT2D eigenvalue weighted by molar-refractivity contribution is 8.13. The lowest BCUT2D eigenvalue weighted by Gasteiger charge is -2.02. The van der Waals surface area contributed by atoms with Crippen LogP contribution in [0.3, 0.4) is 0 Å². The Morgan fingerprint density at radius 2 is 2.47 bits per heavy atom. The summed E-state index contributed by atoms with van der Waals surface area (Å²) >= 11 is 1.35. The Balaban J connectivity index is 2.25. The van der Waals surface area contributed by atoms with Gasteiger partial charge in [-0.2, -0.15) is 10.4 Å². The molecule has 7 heteroatoms. The van der Waals surface area contributed by atoms with E-state index in [0.29, 0.717) is 16.6 Å². The van der Waals surface area contributed by atoms with Crippen LogP contribution in [-0.4, -0.2) is 23.0 Å². The molecule has 6 nitrogen and oxygen atoms in total. The zero-order valence-corrected chi connectivity index (χ0v) is 11.0. The molecule has 1 aliphatic heterocycles. The van der Waals surface area contributed by atoms with Crippen molar-refractivity contribution in [3.63, 3.8) is 0 Å². The third-order valence-electron chi connectivity index (χ3n) is 2.41. The molecule has 1 aromatic rings. The number of carbonyl (C=O) groups excluding carboxylic acids is 1. The van der Waals surface area contributed by atoms with Crippen LogP contribution < -0.4 is 10.7 Å². The van der Waals surface area contributed by atoms with E-state index in [1.54, 1.807) is 0 Å². The predicted molar refractivity (Wildman–Crippen MR) is 75.1 cm³/mol. The summed E-state index contributed by atoms with van der Waals surface area (Å²) in [4.78, 5) is 15.4. The molecule has 1 heterocycles. The van der Waals surface area contributed by atoms with Gasteiger partial charge in [0.05, 0.1) is 17.8 Å². The van der Waals surface area contributed by atoms with Gasteiger partial charge in [-0.15, -0.1) is 0 Å². The van der Waals surface area contributed by atoms with E-state index in [-0.39, 0.29) is 12.3 Å². The molecule has 19 heavy (non-hydrogen) atoms. The molecule has 0 radical (unpaired) electrons. The van der Waals surface area contributed by atoms with Crippen molar-refractivity contribution < 1.29 is 4.79 Å². The van der Waals surface area contributed by atoms with Gasteiger partial charge in [-0.1, -0.05) is 23.9 Å². The number of thioether (sulfide) groups is 1. The molecule has 0 atom stereocenters. The normalized spacial score (nSPS) is 14.6. The highest BCUT2D eigenvalue weighted by Crippen LogP contribution is 2.18. The van der Waals surface area contributed by atoms with Crippen LogP contribution in [0.1, 0.15) is 12.0 Å². The van der Waals surface area contributed by atoms with Crippen molar-refractivity contribution in [3.05, 3.63) is 29.8 Å². The molecule has 0 fully saturated rings. The summed E-state index contributed by atoms with van der Waals surface area (Å²) in [5, 5.41) is 15.6. The average molecular weight is 273 g/mol. The summed E-state index contributed by atoms with van der Waals surface area (Å²) < 4.78 is 0. The molecule has 0 aliphatic carbocycles. The molecule has 1 amide bonds. The second kappa shape index (κ2) is 6.02. The lowest BCUT2D eigenvalue weighted by atomic mass is 10.1. The molecule has 96 valence electrons. The first kappa shape index (κ1) is 13.1. The van der Waals surface area contributed by atoms with Crippen molar-refractivity contribution in [3.8, 4) is 6.19 Å². The third-order valence-corrected chi connectivity index (χ3v) is 2.99. The number of carbonyl (C=O) groups is 1. The Labute approximate surface area is 114 Å². The van der Waals surface area contributed by atoms with Gasteiger partial charge in [0.1, 0.15) is 0 Å². The van der Waals surface area contributed by atoms with Crippen molar-refractivity contribution in [2.45, 2.75) is 6.42 Å². The maximum atomic E-state index is 11.1. The van der Waals surface area contributed by atoms with Crippen LogP contribution in [-0.2, 0) is 4.79 Å². The van der Waals surface area contributed by atoms with Gasteiger partial charge in [0.15, 0.2) is 11.4 Å². The average Bonchev–Trinajstić information content (AvgIpc) is 2.85. The maximum Gasteiger partial charge on any atom is 0.246 e. The quantitative estimate of drug-likeness (QED) is 0.368. The van der Waals surface area contributed by atoms with E-state index in [4.69, 9.17) is 5.26 Å². The maximum absolute atomic E-state index is 11.1. The monoisotopic (exact) mass is 273 g/mol. The first-order valence-corrected chi connectivity index (χ1v) is 6.69. The molecule has 1 aliphatic rings. The minimum Gasteiger partial charge on any atom is -0.273 e. The number of nitriles is 1. The van der Waals surface area contributed by atoms with Crippen LogP contribution in [0.5, 0.6) is 0 Å². The number of rotatable bonds is 2. The van der Waals surface area contributed by atoms with Gasteiger partial charge in [-0.3, -0.25) is 10.1 Å². The van der Waals surface area contributed by atoms with Crippen LogP contribution >= 0.6 is 11.8 Å². The van der Waals surface area contributed by atoms with Crippen LogP contribution in [0.15, 0.2) is 34.4 Å². The molecule has 2 rings (SSSR count). The van der Waals surface area contributed by atoms with E-state index in [1.807, 2.05) is 36.7 Å². The molecule has 0 bridgehead atoms. The van der Waals surface area contributed by atoms with Crippen molar-refractivity contribution >= 4 is 34.2 Å². The number of hydrogen-bond donors (Lipinski definition) is 2. The smallest absolute Gasteiger partial charge is 0.246 e. The van der Waals surface area contributed by atoms with E-state index in [9.17, 15) is 4.79 Å². The summed E-state index contributed by atoms with van der Waals surface area (Å²) in [6.45, 7) is 0. The fraction of sp³-hybridized carbons (Fsp3) is 0.167. The standard InChI is InChI=1S/C12H11N5OS/c1-19-12(14-7-13)15-9-4-2-3-8(5-9)10-6-11(18)17-16-10/h2-5H,6H2,1H3,(H,14,15)(H,17,18). The van der Waals surface area contributed by atoms with Crippen molar-refractivity contribution in [2.75, 3.05) is 6.26 Å². The topological polar surface area (TPSA) is 89.6 Å². The largest absolute Gasteiger partial charge is 0.273 e. The summed E-state index contributed by atoms with van der Waals surface area (Å²) in [6.07, 6.45) is 3.94. The number of amides is 1. The molecular weight excluding hydrogens is 262 g/mol. The van der Waals surface area contributed by atoms with E-state index in [1.165, 1.54) is 11.8 Å². The fourth-order valence-corrected chi connectivity index (χ4v) is 1.92. The lowest BCUT2D eigenvalue weighted by molar-refractivity contribution is -0.119. The van der Waals surface area contributed by atoms with Gasteiger partial charge in [-0.05, 0) is 18.4 Å². The van der Waals surface area contributed by atoms with Crippen LogP contribution in [0.4, 0.5) is 5.69 Å². The van der Waals surface area contributed by atoms with Crippen molar-refractivity contribution in [1.29, 1.82) is 5.26 Å². The van der Waals surface area contributed by atoms with Crippen LogP contribution in [0.2, 0.25) is 0 Å². The fourth-order valence-electron chi connectivity index (χ4n) is 1.57. The molecule has 0 unspecified atom stereocenters. The van der Waals surface area contributed by atoms with Gasteiger partial charge >= 0.3 is 0 Å². The Morgan fingerprint density at radius 3 is 3.11 bits per heavy atom. The first-order chi connectivity index (χ1) is 9.22. The minimum absolute atomic E-state index is 0.111. The van der Waals surface area contributed by atoms with Crippen molar-refractivity contribution in [2.24, 2.45) is 10.1 Å². The predicted octanol–water partition coefficient (Wildman–Crippen LogP) is 1.33. The van der Waals surface area contributed by atoms with Gasteiger partial charge in [0, 0.05) is 5.56 Å². The highest BCUT2D eigenvalue weighted by Gasteiger charge is 2.16. The number of benzene rings is 1. The molecule has 1 aromatic carbocycles. The molecule has 0 saturated carbocycles. The Hall–Kier alpha value is -2.33. The van der Waals surface area contributed by atoms with Crippen LogP contribution in [0.25, 0.3) is 0 Å². The van der Waals surface area contributed by atoms with Crippen LogP contribution in [0, 0.1) is 11.5 Å². The minimum atomic E-state index is -0.111. The first-order valence-electron chi connectivity index (χ1n) is 5.46. The Bertz CT molecular complexity index is 602. The number of nitrogens with one attached hydrogen (secondary N) is 2. The van der Waals surface area contributed by atoms with E-state index >= 15 is 0 Å². The summed E-state index contributed by atoms with van der Waals surface area (Å²) in [6, 6.07) is 7.36. The molecular formula is C12H11N5OS. The zero-order chi connectivity index (χ0) is 13.7. The van der Waals surface area contributed by atoms with Crippen molar-refractivity contribution in [1.82, 2.24) is 10.7 Å². The zero-order valence-electron chi connectivity index (χ0n) is 10.2. The lowest BCUT2D eigenvalue weighted by Crippen LogP contribution is -2.12. The number of hydrogen-bond acceptors (Lipinski definition) is 5. The van der Waals surface area contributed by atoms with Gasteiger partial charge in [0.2, 0.25) is 5.91 Å². The van der Waals surface area contributed by atoms with E-state index < -0.39 is 0 Å². The molecule has 0 aromatic heterocycles. The molecule has 0 spiro atoms. The Kier molecular flexibility index (Phi) is 4.15. The number of aliphatic imine (C=N–C) groups is 1. The van der Waals surface area contributed by atoms with E-state index in [2.05, 4.69) is 20.8 Å². The second-order valence-corrected chi connectivity index (χ2v) is 4.47.